The molecule has 0 atom stereocenters. The van der Waals surface area contributed by atoms with Gasteiger partial charge in [0, 0.05) is 3.57 Å². The molecule has 2 aromatic rings. The molecule has 0 aliphatic heterocycles. The summed E-state index contributed by atoms with van der Waals surface area (Å²) in [7, 11) is 0. The van der Waals surface area contributed by atoms with Crippen LogP contribution in [0.3, 0.4) is 0 Å². The van der Waals surface area contributed by atoms with Gasteiger partial charge in [-0.1, -0.05) is 12.1 Å². The lowest BCUT2D eigenvalue weighted by molar-refractivity contribution is 0.101. The van der Waals surface area contributed by atoms with Gasteiger partial charge < -0.3 is 4.74 Å². The first-order chi connectivity index (χ1) is 9.06. The van der Waals surface area contributed by atoms with Crippen LogP contribution in [0, 0.1) is 9.39 Å². The predicted octanol–water partition coefficient (Wildman–Crippen LogP) is 4.21. The summed E-state index contributed by atoms with van der Waals surface area (Å²) >= 11 is 2.23. The van der Waals surface area contributed by atoms with E-state index in [0.29, 0.717) is 12.4 Å². The molecule has 2 nitrogen and oxygen atoms in total. The lowest BCUT2D eigenvalue weighted by Gasteiger charge is -2.10. The van der Waals surface area contributed by atoms with Crippen molar-refractivity contribution in [1.29, 1.82) is 0 Å². The minimum absolute atomic E-state index is 0.211. The molecule has 2 rings (SSSR count). The number of hydrogen-bond donors (Lipinski definition) is 0. The normalized spacial score (nSPS) is 10.3. The molecule has 0 amide bonds. The first-order valence-electron chi connectivity index (χ1n) is 5.74. The molecule has 0 aliphatic carbocycles. The van der Waals surface area contributed by atoms with Crippen LogP contribution in [0.1, 0.15) is 22.8 Å². The summed E-state index contributed by atoms with van der Waals surface area (Å²) < 4.78 is 19.8. The Morgan fingerprint density at radius 3 is 2.53 bits per heavy atom. The molecule has 4 heteroatoms. The molecule has 0 radical (unpaired) electrons. The van der Waals surface area contributed by atoms with Gasteiger partial charge in [-0.15, -0.1) is 0 Å². The van der Waals surface area contributed by atoms with E-state index in [-0.39, 0.29) is 11.3 Å². The molecule has 0 heterocycles. The summed E-state index contributed by atoms with van der Waals surface area (Å²) in [6, 6.07) is 11.9. The van der Waals surface area contributed by atoms with Crippen molar-refractivity contribution in [2.75, 3.05) is 0 Å². The zero-order valence-corrected chi connectivity index (χ0v) is 12.5. The Morgan fingerprint density at radius 1 is 1.21 bits per heavy atom. The summed E-state index contributed by atoms with van der Waals surface area (Å²) in [6.07, 6.45) is 0. The van der Waals surface area contributed by atoms with Gasteiger partial charge in [0.15, 0.2) is 5.78 Å². The third-order valence-corrected chi connectivity index (χ3v) is 3.35. The Hall–Kier alpha value is -1.43. The molecule has 19 heavy (non-hydrogen) atoms. The number of Topliss-reactive ketones (excluding diaryl/α,β-unsaturated/α-hetero) is 1. The van der Waals surface area contributed by atoms with Crippen LogP contribution < -0.4 is 4.74 Å². The third kappa shape index (κ3) is 3.76. The monoisotopic (exact) mass is 370 g/mol. The van der Waals surface area contributed by atoms with Gasteiger partial charge in [0.05, 0.1) is 5.56 Å². The largest absolute Gasteiger partial charge is 0.488 e. The third-order valence-electron chi connectivity index (χ3n) is 2.63. The van der Waals surface area contributed by atoms with E-state index >= 15 is 0 Å². The highest BCUT2D eigenvalue weighted by Gasteiger charge is 2.10. The number of rotatable bonds is 4. The molecule has 0 fully saturated rings. The van der Waals surface area contributed by atoms with E-state index in [1.54, 1.807) is 0 Å². The molecule has 0 saturated heterocycles. The van der Waals surface area contributed by atoms with Crippen LogP contribution in [-0.4, -0.2) is 5.78 Å². The standard InChI is InChI=1S/C15H12FIO2/c1-10(18)14-8-12(16)4-7-15(14)19-9-11-2-5-13(17)6-3-11/h2-8H,9H2,1H3. The van der Waals surface area contributed by atoms with Crippen LogP contribution in [0.25, 0.3) is 0 Å². The number of carbonyl (C=O) groups is 1. The molecular formula is C15H12FIO2. The highest BCUT2D eigenvalue weighted by molar-refractivity contribution is 14.1. The molecule has 0 unspecified atom stereocenters. The van der Waals surface area contributed by atoms with Crippen LogP contribution >= 0.6 is 22.6 Å². The van der Waals surface area contributed by atoms with Crippen LogP contribution in [0.4, 0.5) is 4.39 Å². The molecule has 0 saturated carbocycles. The summed E-state index contributed by atoms with van der Waals surface area (Å²) in [4.78, 5) is 11.4. The van der Waals surface area contributed by atoms with E-state index in [0.717, 1.165) is 9.13 Å². The number of benzene rings is 2. The number of halogens is 2. The fourth-order valence-corrected chi connectivity index (χ4v) is 2.00. The van der Waals surface area contributed by atoms with E-state index in [9.17, 15) is 9.18 Å². The van der Waals surface area contributed by atoms with Crippen molar-refractivity contribution in [3.05, 3.63) is 63.0 Å². The van der Waals surface area contributed by atoms with Gasteiger partial charge in [-0.05, 0) is 65.4 Å². The van der Waals surface area contributed by atoms with Crippen LogP contribution in [0.2, 0.25) is 0 Å². The Labute approximate surface area is 124 Å². The number of hydrogen-bond acceptors (Lipinski definition) is 2. The number of ketones is 1. The van der Waals surface area contributed by atoms with E-state index < -0.39 is 5.82 Å². The molecule has 0 aromatic heterocycles. The van der Waals surface area contributed by atoms with Crippen molar-refractivity contribution in [1.82, 2.24) is 0 Å². The molecule has 0 spiro atoms. The Balaban J connectivity index is 2.15. The van der Waals surface area contributed by atoms with Crippen LogP contribution in [0.15, 0.2) is 42.5 Å². The fraction of sp³-hybridized carbons (Fsp3) is 0.133. The van der Waals surface area contributed by atoms with Crippen molar-refractivity contribution in [3.63, 3.8) is 0 Å². The van der Waals surface area contributed by atoms with Crippen molar-refractivity contribution in [2.45, 2.75) is 13.5 Å². The first-order valence-corrected chi connectivity index (χ1v) is 6.82. The average Bonchev–Trinajstić information content (AvgIpc) is 2.39. The summed E-state index contributed by atoms with van der Waals surface area (Å²) in [5.41, 5.74) is 1.27. The lowest BCUT2D eigenvalue weighted by atomic mass is 10.1. The minimum atomic E-state index is -0.438. The summed E-state index contributed by atoms with van der Waals surface area (Å²) in [5.74, 6) is -0.239. The Bertz CT molecular complexity index is 594. The Kier molecular flexibility index (Phi) is 4.52. The maximum Gasteiger partial charge on any atom is 0.163 e. The minimum Gasteiger partial charge on any atom is -0.488 e. The zero-order valence-electron chi connectivity index (χ0n) is 10.3. The van der Waals surface area contributed by atoms with Gasteiger partial charge in [0.2, 0.25) is 0 Å². The second-order valence-electron chi connectivity index (χ2n) is 4.11. The quantitative estimate of drug-likeness (QED) is 0.595. The fourth-order valence-electron chi connectivity index (χ4n) is 1.64. The van der Waals surface area contributed by atoms with Crippen molar-refractivity contribution in [2.24, 2.45) is 0 Å². The van der Waals surface area contributed by atoms with Gasteiger partial charge in [-0.3, -0.25) is 4.79 Å². The second kappa shape index (κ2) is 6.14. The van der Waals surface area contributed by atoms with Gasteiger partial charge in [0.1, 0.15) is 18.2 Å². The molecule has 98 valence electrons. The first kappa shape index (κ1) is 14.0. The zero-order chi connectivity index (χ0) is 13.8. The van der Waals surface area contributed by atoms with E-state index in [4.69, 9.17) is 4.74 Å². The van der Waals surface area contributed by atoms with Crippen molar-refractivity contribution in [3.8, 4) is 5.75 Å². The predicted molar refractivity (Wildman–Crippen MR) is 79.9 cm³/mol. The molecule has 0 aliphatic rings. The van der Waals surface area contributed by atoms with Crippen molar-refractivity contribution < 1.29 is 13.9 Å². The highest BCUT2D eigenvalue weighted by Crippen LogP contribution is 2.21. The molecule has 2 aromatic carbocycles. The molecule has 0 bridgehead atoms. The maximum absolute atomic E-state index is 13.1. The van der Waals surface area contributed by atoms with Gasteiger partial charge in [0.25, 0.3) is 0 Å². The summed E-state index contributed by atoms with van der Waals surface area (Å²) in [5, 5.41) is 0. The smallest absolute Gasteiger partial charge is 0.163 e. The van der Waals surface area contributed by atoms with Gasteiger partial charge in [-0.2, -0.15) is 0 Å². The highest BCUT2D eigenvalue weighted by atomic mass is 127. The van der Waals surface area contributed by atoms with Crippen molar-refractivity contribution >= 4 is 28.4 Å². The number of ether oxygens (including phenoxy) is 1. The molecular weight excluding hydrogens is 358 g/mol. The van der Waals surface area contributed by atoms with E-state index in [1.807, 2.05) is 24.3 Å². The SMILES string of the molecule is CC(=O)c1cc(F)ccc1OCc1ccc(I)cc1. The van der Waals surface area contributed by atoms with Crippen LogP contribution in [-0.2, 0) is 6.61 Å². The van der Waals surface area contributed by atoms with E-state index in [2.05, 4.69) is 22.6 Å². The van der Waals surface area contributed by atoms with E-state index in [1.165, 1.54) is 25.1 Å². The molecule has 0 N–H and O–H groups in total. The van der Waals surface area contributed by atoms with Crippen LogP contribution in [0.5, 0.6) is 5.75 Å². The van der Waals surface area contributed by atoms with Gasteiger partial charge in [-0.25, -0.2) is 4.39 Å². The topological polar surface area (TPSA) is 26.3 Å². The second-order valence-corrected chi connectivity index (χ2v) is 5.36. The lowest BCUT2D eigenvalue weighted by Crippen LogP contribution is -2.02. The Morgan fingerprint density at radius 2 is 1.89 bits per heavy atom. The maximum atomic E-state index is 13.1. The summed E-state index contributed by atoms with van der Waals surface area (Å²) in [6.45, 7) is 1.75. The number of carbonyl (C=O) groups excluding carboxylic acids is 1. The average molecular weight is 370 g/mol. The van der Waals surface area contributed by atoms with Gasteiger partial charge >= 0.3 is 0 Å².